The van der Waals surface area contributed by atoms with E-state index in [1.807, 2.05) is 11.8 Å². The number of ether oxygens (including phenoxy) is 2. The number of benzene rings is 2. The highest BCUT2D eigenvalue weighted by Gasteiger charge is 2.51. The van der Waals surface area contributed by atoms with Crippen LogP contribution < -0.4 is 20.3 Å². The van der Waals surface area contributed by atoms with Gasteiger partial charge < -0.3 is 24.8 Å². The van der Waals surface area contributed by atoms with Crippen LogP contribution >= 0.6 is 0 Å². The van der Waals surface area contributed by atoms with Gasteiger partial charge >= 0.3 is 12.0 Å². The summed E-state index contributed by atoms with van der Waals surface area (Å²) in [6.07, 6.45) is 2.70. The van der Waals surface area contributed by atoms with Gasteiger partial charge in [0, 0.05) is 31.5 Å². The van der Waals surface area contributed by atoms with Gasteiger partial charge in [-0.15, -0.1) is 0 Å². The van der Waals surface area contributed by atoms with E-state index in [1.54, 1.807) is 18.2 Å². The first-order valence-corrected chi connectivity index (χ1v) is 16.5. The zero-order valence-corrected chi connectivity index (χ0v) is 26.3. The van der Waals surface area contributed by atoms with E-state index >= 15 is 0 Å². The summed E-state index contributed by atoms with van der Waals surface area (Å²) in [6, 6.07) is 5.99. The number of piperidine rings is 1. The Bertz CT molecular complexity index is 1790. The minimum Gasteiger partial charge on any atom is -0.508 e. The van der Waals surface area contributed by atoms with Crippen molar-refractivity contribution < 1.29 is 33.0 Å². The second kappa shape index (κ2) is 11.3. The van der Waals surface area contributed by atoms with Crippen LogP contribution in [0.25, 0.3) is 10.8 Å². The third-order valence-corrected chi connectivity index (χ3v) is 10.8. The first-order valence-electron chi connectivity index (χ1n) is 16.5. The first kappa shape index (κ1) is 30.2. The molecule has 3 aromatic rings. The summed E-state index contributed by atoms with van der Waals surface area (Å²) in [4.78, 5) is 38.9. The molecule has 5 aliphatic rings. The molecule has 0 radical (unpaired) electrons. The fourth-order valence-corrected chi connectivity index (χ4v) is 8.59. The molecule has 3 amide bonds. The molecule has 4 saturated heterocycles. The van der Waals surface area contributed by atoms with Crippen molar-refractivity contribution in [3.05, 3.63) is 52.5 Å². The second-order valence-corrected chi connectivity index (χ2v) is 13.7. The molecule has 0 aliphatic carbocycles. The smallest absolute Gasteiger partial charge is 0.322 e. The van der Waals surface area contributed by atoms with E-state index in [4.69, 9.17) is 19.4 Å². The summed E-state index contributed by atoms with van der Waals surface area (Å²) in [5, 5.41) is 17.3. The van der Waals surface area contributed by atoms with Crippen LogP contribution in [0.1, 0.15) is 67.5 Å². The summed E-state index contributed by atoms with van der Waals surface area (Å²) in [5.41, 5.74) is 1.18. The van der Waals surface area contributed by atoms with E-state index < -0.39 is 29.4 Å². The second-order valence-electron chi connectivity index (χ2n) is 13.7. The lowest BCUT2D eigenvalue weighted by molar-refractivity contribution is -0.124. The molecule has 1 spiro atoms. The number of alkyl halides is 1. The van der Waals surface area contributed by atoms with Gasteiger partial charge in [-0.2, -0.15) is 9.97 Å². The van der Waals surface area contributed by atoms with E-state index in [-0.39, 0.29) is 43.2 Å². The Morgan fingerprint density at radius 2 is 2.02 bits per heavy atom. The topological polar surface area (TPSA) is 129 Å². The fourth-order valence-electron chi connectivity index (χ4n) is 8.59. The Balaban J connectivity index is 1.17. The van der Waals surface area contributed by atoms with E-state index in [0.29, 0.717) is 73.2 Å². The maximum atomic E-state index is 15.0. The predicted molar refractivity (Wildman–Crippen MR) is 168 cm³/mol. The zero-order chi connectivity index (χ0) is 32.5. The monoisotopic (exact) mass is 648 g/mol. The molecular weight excluding hydrogens is 610 g/mol. The summed E-state index contributed by atoms with van der Waals surface area (Å²) >= 11 is 0. The van der Waals surface area contributed by atoms with Crippen LogP contribution in [-0.2, 0) is 29.0 Å². The number of carbonyl (C=O) groups is 2. The number of phenolic OH excluding ortho intramolecular Hbond substituents is 1. The Morgan fingerprint density at radius 3 is 2.83 bits per heavy atom. The number of nitrogens with zero attached hydrogens (tertiary/aromatic N) is 4. The number of urea groups is 1. The minimum atomic E-state index is -1.07. The van der Waals surface area contributed by atoms with E-state index in [9.17, 15) is 23.5 Å². The van der Waals surface area contributed by atoms with Crippen LogP contribution in [0, 0.1) is 5.82 Å². The molecule has 0 saturated carbocycles. The Hall–Kier alpha value is -4.10. The van der Waals surface area contributed by atoms with Gasteiger partial charge in [-0.25, -0.2) is 13.6 Å². The normalized spacial score (nSPS) is 28.9. The highest BCUT2D eigenvalue weighted by Crippen LogP contribution is 2.43. The molecule has 1 aromatic heterocycles. The van der Waals surface area contributed by atoms with Crippen molar-refractivity contribution in [2.45, 2.75) is 81.8 Å². The van der Waals surface area contributed by atoms with E-state index in [2.05, 4.69) is 15.5 Å². The van der Waals surface area contributed by atoms with Crippen LogP contribution in [0.3, 0.4) is 0 Å². The number of aryl methyl sites for hydroxylation is 1. The fraction of sp³-hybridized carbons (Fsp3) is 0.529. The number of anilines is 1. The van der Waals surface area contributed by atoms with Crippen LogP contribution in [0.15, 0.2) is 24.3 Å². The van der Waals surface area contributed by atoms with Gasteiger partial charge in [0.2, 0.25) is 0 Å². The molecule has 4 fully saturated rings. The van der Waals surface area contributed by atoms with Crippen LogP contribution in [0.2, 0.25) is 0 Å². The first-order chi connectivity index (χ1) is 22.7. The number of nitrogens with one attached hydrogen (secondary N) is 2. The Labute approximate surface area is 270 Å². The van der Waals surface area contributed by atoms with Gasteiger partial charge in [-0.3, -0.25) is 15.0 Å². The van der Waals surface area contributed by atoms with Gasteiger partial charge in [0.15, 0.2) is 0 Å². The van der Waals surface area contributed by atoms with Gasteiger partial charge in [-0.1, -0.05) is 13.0 Å². The average Bonchev–Trinajstić information content (AvgIpc) is 3.67. The van der Waals surface area contributed by atoms with Crippen molar-refractivity contribution in [3.63, 3.8) is 0 Å². The molecule has 13 heteroatoms. The summed E-state index contributed by atoms with van der Waals surface area (Å²) in [5.74, 6) is -0.0528. The number of rotatable bonds is 6. The maximum Gasteiger partial charge on any atom is 0.322 e. The van der Waals surface area contributed by atoms with Gasteiger partial charge in [-0.05, 0) is 78.7 Å². The molecule has 3 N–H and O–H groups in total. The van der Waals surface area contributed by atoms with Crippen molar-refractivity contribution in [3.8, 4) is 11.8 Å². The standard InChI is InChI=1S/C34H38F2N6O5/c1-2-22-25(36)6-5-19-11-21(43)12-23(28(19)22)27-13-26-24(16-46-27)29(41-9-4-8-34(17-41)30(44)39-31(45)40-34)38-32(37-26)47-18-33-7-3-10-42(33)15-20(35)14-33/h5-6,11-12,20,27,43H,2-4,7-10,13-18H2,1H3,(H2,39,40,44,45)/t20-,27?,33+,34?/m1/s1. The zero-order valence-electron chi connectivity index (χ0n) is 26.3. The van der Waals surface area contributed by atoms with Crippen molar-refractivity contribution in [1.29, 1.82) is 0 Å². The lowest BCUT2D eigenvalue weighted by atomic mass is 9.88. The average molecular weight is 649 g/mol. The molecule has 5 aliphatic heterocycles. The van der Waals surface area contributed by atoms with Crippen molar-refractivity contribution in [2.75, 3.05) is 37.7 Å². The molecule has 2 unspecified atom stereocenters. The van der Waals surface area contributed by atoms with E-state index in [0.717, 1.165) is 30.3 Å². The molecule has 11 nitrogen and oxygen atoms in total. The number of hydrogen-bond acceptors (Lipinski definition) is 9. The van der Waals surface area contributed by atoms with Gasteiger partial charge in [0.05, 0.1) is 30.5 Å². The number of aromatic nitrogens is 2. The van der Waals surface area contributed by atoms with Crippen LogP contribution in [0.5, 0.6) is 11.8 Å². The molecule has 2 aromatic carbocycles. The molecule has 248 valence electrons. The van der Waals surface area contributed by atoms with Crippen molar-refractivity contribution >= 4 is 28.5 Å². The highest BCUT2D eigenvalue weighted by molar-refractivity contribution is 6.07. The number of imide groups is 1. The SMILES string of the molecule is CCc1c(F)ccc2cc(O)cc(C3Cc4nc(OC[C@@]56CCCN5C[C@H](F)C6)nc(N5CCCC6(C5)NC(=O)NC6=O)c4CO3)c12. The third kappa shape index (κ3) is 5.05. The number of aromatic hydroxyl groups is 1. The number of fused-ring (bicyclic) bond motifs is 3. The lowest BCUT2D eigenvalue weighted by Crippen LogP contribution is -2.59. The summed E-state index contributed by atoms with van der Waals surface area (Å²) in [6.45, 7) is 4.33. The van der Waals surface area contributed by atoms with Crippen LogP contribution in [0.4, 0.5) is 19.4 Å². The molecule has 47 heavy (non-hydrogen) atoms. The number of halogens is 2. The number of amides is 3. The van der Waals surface area contributed by atoms with Crippen molar-refractivity contribution in [2.24, 2.45) is 0 Å². The predicted octanol–water partition coefficient (Wildman–Crippen LogP) is 3.98. The summed E-state index contributed by atoms with van der Waals surface area (Å²) < 4.78 is 42.3. The molecule has 4 atom stereocenters. The molecule has 0 bridgehead atoms. The summed E-state index contributed by atoms with van der Waals surface area (Å²) in [7, 11) is 0. The highest BCUT2D eigenvalue weighted by atomic mass is 19.1. The van der Waals surface area contributed by atoms with Crippen LogP contribution in [-0.4, -0.2) is 81.9 Å². The van der Waals surface area contributed by atoms with Gasteiger partial charge in [0.25, 0.3) is 5.91 Å². The largest absolute Gasteiger partial charge is 0.508 e. The number of phenols is 1. The molecule has 8 rings (SSSR count). The molecular formula is C34H38F2N6O5. The maximum absolute atomic E-state index is 15.0. The minimum absolute atomic E-state index is 0.0570. The quantitative estimate of drug-likeness (QED) is 0.340. The number of hydrogen-bond donors (Lipinski definition) is 3. The third-order valence-electron chi connectivity index (χ3n) is 10.8. The lowest BCUT2D eigenvalue weighted by Gasteiger charge is -2.40. The number of carbonyl (C=O) groups excluding carboxylic acids is 2. The van der Waals surface area contributed by atoms with Gasteiger partial charge in [0.1, 0.15) is 35.7 Å². The molecule has 6 heterocycles. The van der Waals surface area contributed by atoms with Crippen molar-refractivity contribution in [1.82, 2.24) is 25.5 Å². The Morgan fingerprint density at radius 1 is 1.17 bits per heavy atom. The van der Waals surface area contributed by atoms with E-state index in [1.165, 1.54) is 6.07 Å². The Kier molecular flexibility index (Phi) is 7.25.